The van der Waals surface area contributed by atoms with E-state index in [1.807, 2.05) is 0 Å². The van der Waals surface area contributed by atoms with Crippen molar-refractivity contribution < 1.29 is 0 Å². The molecule has 1 aliphatic carbocycles. The van der Waals surface area contributed by atoms with Gasteiger partial charge in [0.2, 0.25) is 0 Å². The number of thioether (sulfide) groups is 1. The topological polar surface area (TPSA) is 0 Å². The van der Waals surface area contributed by atoms with Crippen molar-refractivity contribution in [2.24, 2.45) is 11.8 Å². The lowest BCUT2D eigenvalue weighted by molar-refractivity contribution is 0.394. The Bertz CT molecular complexity index is 136. The molecule has 0 radical (unpaired) electrons. The first-order chi connectivity index (χ1) is 6.22. The minimum absolute atomic E-state index is 0.783. The smallest absolute Gasteiger partial charge is 0.00496 e. The first kappa shape index (κ1) is 11.8. The molecule has 1 rings (SSSR count). The fourth-order valence-electron chi connectivity index (χ4n) is 1.88. The molecular formula is C11H22S2. The molecule has 0 bridgehead atoms. The van der Waals surface area contributed by atoms with Crippen LogP contribution >= 0.6 is 24.4 Å². The van der Waals surface area contributed by atoms with Gasteiger partial charge >= 0.3 is 0 Å². The van der Waals surface area contributed by atoms with Gasteiger partial charge in [0.05, 0.1) is 0 Å². The van der Waals surface area contributed by atoms with Gasteiger partial charge in [-0.2, -0.15) is 24.4 Å². The van der Waals surface area contributed by atoms with Crippen LogP contribution < -0.4 is 0 Å². The van der Waals surface area contributed by atoms with Gasteiger partial charge in [-0.15, -0.1) is 0 Å². The van der Waals surface area contributed by atoms with Crippen LogP contribution in [0.2, 0.25) is 0 Å². The number of thiol groups is 1. The molecule has 3 atom stereocenters. The molecule has 0 nitrogen and oxygen atoms in total. The van der Waals surface area contributed by atoms with E-state index in [-0.39, 0.29) is 0 Å². The summed E-state index contributed by atoms with van der Waals surface area (Å²) in [5.74, 6) is 4.10. The monoisotopic (exact) mass is 218 g/mol. The van der Waals surface area contributed by atoms with Crippen molar-refractivity contribution in [3.63, 3.8) is 0 Å². The summed E-state index contributed by atoms with van der Waals surface area (Å²) in [6.07, 6.45) is 5.81. The summed E-state index contributed by atoms with van der Waals surface area (Å²) in [7, 11) is 0. The molecule has 0 amide bonds. The Kier molecular flexibility index (Phi) is 5.65. The van der Waals surface area contributed by atoms with Crippen molar-refractivity contribution in [1.82, 2.24) is 0 Å². The summed E-state index contributed by atoms with van der Waals surface area (Å²) < 4.78 is 0. The van der Waals surface area contributed by atoms with E-state index in [2.05, 4.69) is 38.2 Å². The third-order valence-corrected chi connectivity index (χ3v) is 5.10. The highest BCUT2D eigenvalue weighted by molar-refractivity contribution is 7.99. The summed E-state index contributed by atoms with van der Waals surface area (Å²) >= 11 is 6.50. The normalized spacial score (nSPS) is 31.6. The van der Waals surface area contributed by atoms with Crippen molar-refractivity contribution in [1.29, 1.82) is 0 Å². The summed E-state index contributed by atoms with van der Waals surface area (Å²) in [5, 5.41) is 0.950. The molecule has 0 aromatic rings. The maximum atomic E-state index is 4.32. The highest BCUT2D eigenvalue weighted by atomic mass is 32.2. The second kappa shape index (κ2) is 6.23. The van der Waals surface area contributed by atoms with E-state index in [1.54, 1.807) is 0 Å². The third-order valence-electron chi connectivity index (χ3n) is 2.82. The molecule has 78 valence electrons. The van der Waals surface area contributed by atoms with Crippen LogP contribution in [0.4, 0.5) is 0 Å². The number of rotatable bonds is 4. The predicted octanol–water partition coefficient (Wildman–Crippen LogP) is 3.86. The van der Waals surface area contributed by atoms with Crippen molar-refractivity contribution in [2.45, 2.75) is 44.8 Å². The van der Waals surface area contributed by atoms with Gasteiger partial charge in [0.25, 0.3) is 0 Å². The molecule has 1 saturated carbocycles. The average molecular weight is 218 g/mol. The second-order valence-electron chi connectivity index (χ2n) is 4.51. The molecule has 0 N–H and O–H groups in total. The lowest BCUT2D eigenvalue weighted by Gasteiger charge is -2.26. The maximum Gasteiger partial charge on any atom is 0.00496 e. The second-order valence-corrected chi connectivity index (χ2v) is 6.21. The molecule has 0 aliphatic heterocycles. The van der Waals surface area contributed by atoms with Crippen molar-refractivity contribution in [2.75, 3.05) is 11.5 Å². The minimum Gasteiger partial charge on any atom is -0.179 e. The van der Waals surface area contributed by atoms with E-state index in [0.717, 1.165) is 22.8 Å². The van der Waals surface area contributed by atoms with Gasteiger partial charge in [0.1, 0.15) is 0 Å². The number of hydrogen-bond acceptors (Lipinski definition) is 2. The summed E-state index contributed by atoms with van der Waals surface area (Å²) in [6.45, 7) is 4.70. The fraction of sp³-hybridized carbons (Fsp3) is 1.00. The lowest BCUT2D eigenvalue weighted by atomic mass is 9.91. The molecule has 0 aromatic heterocycles. The average Bonchev–Trinajstić information content (AvgIpc) is 2.14. The van der Waals surface area contributed by atoms with Crippen LogP contribution in [-0.4, -0.2) is 16.8 Å². The largest absolute Gasteiger partial charge is 0.179 e. The van der Waals surface area contributed by atoms with E-state index in [4.69, 9.17) is 0 Å². The summed E-state index contributed by atoms with van der Waals surface area (Å²) in [4.78, 5) is 0. The van der Waals surface area contributed by atoms with Crippen LogP contribution in [0.15, 0.2) is 0 Å². The van der Waals surface area contributed by atoms with Gasteiger partial charge in [-0.3, -0.25) is 0 Å². The molecule has 1 fully saturated rings. The highest BCUT2D eigenvalue weighted by Gasteiger charge is 2.19. The zero-order valence-corrected chi connectivity index (χ0v) is 10.5. The van der Waals surface area contributed by atoms with Crippen LogP contribution in [0.1, 0.15) is 39.5 Å². The fourth-order valence-corrected chi connectivity index (χ4v) is 3.70. The molecule has 0 spiro atoms. The zero-order chi connectivity index (χ0) is 9.68. The van der Waals surface area contributed by atoms with E-state index in [1.165, 1.54) is 31.4 Å². The quantitative estimate of drug-likeness (QED) is 0.699. The Morgan fingerprint density at radius 3 is 2.85 bits per heavy atom. The first-order valence-corrected chi connectivity index (χ1v) is 7.13. The molecular weight excluding hydrogens is 196 g/mol. The van der Waals surface area contributed by atoms with Crippen LogP contribution in [0.25, 0.3) is 0 Å². The molecule has 3 unspecified atom stereocenters. The molecule has 0 aromatic carbocycles. The maximum absolute atomic E-state index is 4.32. The van der Waals surface area contributed by atoms with Crippen LogP contribution in [-0.2, 0) is 0 Å². The standard InChI is InChI=1S/C11H22S2/c1-9-4-3-5-11(6-9)13-8-10(2)7-12/h9-12H,3-8H2,1-2H3. The van der Waals surface area contributed by atoms with Crippen LogP contribution in [0, 0.1) is 11.8 Å². The SMILES string of the molecule is CC(CS)CSC1CCCC(C)C1. The highest BCUT2D eigenvalue weighted by Crippen LogP contribution is 2.32. The van der Waals surface area contributed by atoms with Crippen molar-refractivity contribution in [3.05, 3.63) is 0 Å². The van der Waals surface area contributed by atoms with Crippen LogP contribution in [0.3, 0.4) is 0 Å². The Labute approximate surface area is 92.7 Å². The van der Waals surface area contributed by atoms with Gasteiger partial charge in [-0.25, -0.2) is 0 Å². The summed E-state index contributed by atoms with van der Waals surface area (Å²) in [6, 6.07) is 0. The Morgan fingerprint density at radius 2 is 2.23 bits per heavy atom. The van der Waals surface area contributed by atoms with Gasteiger partial charge in [-0.05, 0) is 36.2 Å². The van der Waals surface area contributed by atoms with Gasteiger partial charge in [0, 0.05) is 5.25 Å². The molecule has 2 heteroatoms. The van der Waals surface area contributed by atoms with Gasteiger partial charge < -0.3 is 0 Å². The third kappa shape index (κ3) is 4.64. The Balaban J connectivity index is 2.13. The van der Waals surface area contributed by atoms with Gasteiger partial charge in [-0.1, -0.05) is 26.7 Å². The minimum atomic E-state index is 0.783. The predicted molar refractivity (Wildman–Crippen MR) is 66.9 cm³/mol. The summed E-state index contributed by atoms with van der Waals surface area (Å²) in [5.41, 5.74) is 0. The van der Waals surface area contributed by atoms with Crippen molar-refractivity contribution in [3.8, 4) is 0 Å². The lowest BCUT2D eigenvalue weighted by Crippen LogP contribution is -2.16. The molecule has 0 saturated heterocycles. The molecule has 0 heterocycles. The Hall–Kier alpha value is 0.700. The molecule has 13 heavy (non-hydrogen) atoms. The van der Waals surface area contributed by atoms with Crippen LogP contribution in [0.5, 0.6) is 0 Å². The van der Waals surface area contributed by atoms with E-state index in [0.29, 0.717) is 0 Å². The van der Waals surface area contributed by atoms with Gasteiger partial charge in [0.15, 0.2) is 0 Å². The van der Waals surface area contributed by atoms with E-state index < -0.39 is 0 Å². The number of hydrogen-bond donors (Lipinski definition) is 1. The Morgan fingerprint density at radius 1 is 1.46 bits per heavy atom. The first-order valence-electron chi connectivity index (χ1n) is 5.44. The van der Waals surface area contributed by atoms with E-state index >= 15 is 0 Å². The van der Waals surface area contributed by atoms with E-state index in [9.17, 15) is 0 Å². The van der Waals surface area contributed by atoms with Crippen molar-refractivity contribution >= 4 is 24.4 Å². The zero-order valence-electron chi connectivity index (χ0n) is 8.83. The molecule has 1 aliphatic rings.